The molecule has 0 atom stereocenters. The van der Waals surface area contributed by atoms with Crippen LogP contribution in [0.2, 0.25) is 0 Å². The van der Waals surface area contributed by atoms with E-state index >= 15 is 0 Å². The van der Waals surface area contributed by atoms with Gasteiger partial charge in [0, 0.05) is 71.6 Å². The van der Waals surface area contributed by atoms with Gasteiger partial charge in [0.15, 0.2) is 5.96 Å². The molecule has 0 radical (unpaired) electrons. The smallest absolute Gasteiger partial charge is 0.407 e. The van der Waals surface area contributed by atoms with Crippen molar-refractivity contribution in [3.8, 4) is 0 Å². The Hall–Kier alpha value is -4.47. The monoisotopic (exact) mass is 726 g/mol. The van der Waals surface area contributed by atoms with Crippen molar-refractivity contribution >= 4 is 35.9 Å². The number of benzene rings is 1. The van der Waals surface area contributed by atoms with Gasteiger partial charge >= 0.3 is 24.2 Å². The molecule has 6 rings (SSSR count). The maximum absolute atomic E-state index is 13.0. The molecule has 8 N–H and O–H groups in total. The number of hydrogen-bond acceptors (Lipinski definition) is 6. The molecule has 3 aliphatic heterocycles. The number of nitrogens with zero attached hydrogens (tertiary/aromatic N) is 5. The number of piperazine rings is 2. The van der Waals surface area contributed by atoms with Gasteiger partial charge in [0.2, 0.25) is 0 Å². The largest absolute Gasteiger partial charge is 0.465 e. The van der Waals surface area contributed by atoms with Crippen LogP contribution in [0.5, 0.6) is 0 Å². The number of carbonyl (C=O) groups excluding carboxylic acids is 2. The lowest BCUT2D eigenvalue weighted by molar-refractivity contribution is -0.0942. The molecule has 3 heterocycles. The number of amides is 6. The molecule has 5 fully saturated rings. The van der Waals surface area contributed by atoms with Crippen LogP contribution in [0.4, 0.5) is 24.9 Å². The molecular weight excluding hydrogens is 668 g/mol. The average Bonchev–Trinajstić information content (AvgIpc) is 3.13. The van der Waals surface area contributed by atoms with Gasteiger partial charge in [-0.2, -0.15) is 0 Å². The Morgan fingerprint density at radius 2 is 1.44 bits per heavy atom. The molecule has 2 aliphatic carbocycles. The second-order valence-electron chi connectivity index (χ2n) is 14.9. The number of hydrogen-bond donors (Lipinski definition) is 7. The second kappa shape index (κ2) is 17.8. The van der Waals surface area contributed by atoms with Crippen molar-refractivity contribution in [1.29, 1.82) is 5.41 Å². The first kappa shape index (κ1) is 38.8. The summed E-state index contributed by atoms with van der Waals surface area (Å²) in [4.78, 5) is 56.7. The minimum atomic E-state index is -0.902. The first-order chi connectivity index (χ1) is 25.0. The van der Waals surface area contributed by atoms with E-state index in [1.807, 2.05) is 36.2 Å². The maximum Gasteiger partial charge on any atom is 0.407 e. The van der Waals surface area contributed by atoms with Crippen LogP contribution in [0.3, 0.4) is 0 Å². The Balaban J connectivity index is 0.000000217. The Labute approximate surface area is 306 Å². The molecule has 52 heavy (non-hydrogen) atoms. The summed E-state index contributed by atoms with van der Waals surface area (Å²) in [6.45, 7) is 6.40. The molecule has 16 nitrogen and oxygen atoms in total. The highest BCUT2D eigenvalue weighted by Crippen LogP contribution is 2.52. The number of piperidine rings is 1. The highest BCUT2D eigenvalue weighted by atomic mass is 16.4. The third kappa shape index (κ3) is 9.49. The van der Waals surface area contributed by atoms with E-state index < -0.39 is 17.7 Å². The topological polar surface area (TPSA) is 211 Å². The molecule has 5 aliphatic rings. The molecule has 3 saturated heterocycles. The van der Waals surface area contributed by atoms with Gasteiger partial charge in [-0.3, -0.25) is 10.3 Å². The highest BCUT2D eigenvalue weighted by Gasteiger charge is 2.57. The van der Waals surface area contributed by atoms with Gasteiger partial charge < -0.3 is 51.5 Å². The summed E-state index contributed by atoms with van der Waals surface area (Å²) in [7, 11) is 1.84. The number of carboxylic acid groups (broad SMARTS) is 2. The van der Waals surface area contributed by atoms with Crippen LogP contribution in [0.25, 0.3) is 0 Å². The second-order valence-corrected chi connectivity index (χ2v) is 14.9. The molecule has 2 saturated carbocycles. The van der Waals surface area contributed by atoms with E-state index in [1.165, 1.54) is 17.7 Å². The zero-order chi connectivity index (χ0) is 37.3. The van der Waals surface area contributed by atoms with E-state index in [9.17, 15) is 24.3 Å². The van der Waals surface area contributed by atoms with E-state index in [0.717, 1.165) is 75.8 Å². The number of anilines is 1. The number of nitrogens with one attached hydrogen (secondary N) is 4. The van der Waals surface area contributed by atoms with Gasteiger partial charge in [0.25, 0.3) is 0 Å². The van der Waals surface area contributed by atoms with Crippen molar-refractivity contribution in [2.45, 2.75) is 69.9 Å². The standard InChI is InChI=1S/C22H32N6O3.C14H26N4O3/c23-19(24)26-18-9-7-15(8-10-18)13-25-20(29)27-11-12-28(21(30)31)22(14-27)16-3-1-4-17(22)6-2-5-16;1-16(7-4-12-2-5-15-6-3-12)13(19)17-8-10-18(11-9-17)14(20)21/h7-10,16-17H,1-6,11-14H2,(H,25,29)(H,30,31)(H4,23,24,26);12,15H,2-11H2,1H3,(H,20,21)/t16-,17?,22?;. The van der Waals surface area contributed by atoms with Crippen molar-refractivity contribution in [3.05, 3.63) is 29.8 Å². The van der Waals surface area contributed by atoms with Crippen LogP contribution < -0.4 is 21.7 Å². The lowest BCUT2D eigenvalue weighted by Gasteiger charge is -2.61. The number of guanidine groups is 1. The molecule has 288 valence electrons. The average molecular weight is 727 g/mol. The zero-order valence-corrected chi connectivity index (χ0v) is 30.5. The van der Waals surface area contributed by atoms with Crippen LogP contribution in [-0.2, 0) is 6.54 Å². The Morgan fingerprint density at radius 3 is 2.00 bits per heavy atom. The van der Waals surface area contributed by atoms with Crippen molar-refractivity contribution in [1.82, 2.24) is 35.1 Å². The summed E-state index contributed by atoms with van der Waals surface area (Å²) < 4.78 is 0. The third-order valence-corrected chi connectivity index (χ3v) is 11.8. The molecule has 2 bridgehead atoms. The first-order valence-electron chi connectivity index (χ1n) is 18.9. The van der Waals surface area contributed by atoms with Crippen LogP contribution in [0, 0.1) is 23.2 Å². The number of urea groups is 2. The summed E-state index contributed by atoms with van der Waals surface area (Å²) >= 11 is 0. The molecule has 16 heteroatoms. The van der Waals surface area contributed by atoms with Crippen molar-refractivity contribution in [2.24, 2.45) is 23.5 Å². The van der Waals surface area contributed by atoms with Crippen LogP contribution >= 0.6 is 0 Å². The molecular formula is C36H58N10O6. The molecule has 1 aromatic rings. The van der Waals surface area contributed by atoms with Crippen molar-refractivity contribution < 1.29 is 29.4 Å². The molecule has 0 unspecified atom stereocenters. The Morgan fingerprint density at radius 1 is 0.865 bits per heavy atom. The lowest BCUT2D eigenvalue weighted by atomic mass is 9.58. The van der Waals surface area contributed by atoms with Gasteiger partial charge in [0.1, 0.15) is 0 Å². The SMILES string of the molecule is CN(CCC1CCNCC1)C(=O)N1CCN(C(=O)O)CC1.N=C(N)Nc1ccc(CNC(=O)N2CCN(C(=O)O)[C@]3(C2)C2CCC[C@H]3CCC2)cc1. The normalized spacial score (nSPS) is 24.7. The van der Waals surface area contributed by atoms with E-state index in [2.05, 4.69) is 16.0 Å². The summed E-state index contributed by atoms with van der Waals surface area (Å²) in [5, 5.41) is 35.2. The lowest BCUT2D eigenvalue weighted by Crippen LogP contribution is -2.72. The quantitative estimate of drug-likeness (QED) is 0.169. The first-order valence-corrected chi connectivity index (χ1v) is 18.9. The molecule has 6 amide bonds. The summed E-state index contributed by atoms with van der Waals surface area (Å²) in [6.07, 6.45) is 8.22. The fraction of sp³-hybridized carbons (Fsp3) is 0.694. The van der Waals surface area contributed by atoms with Crippen LogP contribution in [-0.4, -0.2) is 143 Å². The Kier molecular flexibility index (Phi) is 13.3. The molecule has 1 aromatic carbocycles. The van der Waals surface area contributed by atoms with Gasteiger partial charge in [-0.1, -0.05) is 25.0 Å². The zero-order valence-electron chi connectivity index (χ0n) is 30.5. The number of rotatable bonds is 6. The van der Waals surface area contributed by atoms with Gasteiger partial charge in [-0.05, 0) is 93.5 Å². The van der Waals surface area contributed by atoms with E-state index in [-0.39, 0.29) is 18.0 Å². The van der Waals surface area contributed by atoms with Crippen LogP contribution in [0.1, 0.15) is 63.4 Å². The minimum Gasteiger partial charge on any atom is -0.465 e. The highest BCUT2D eigenvalue weighted by molar-refractivity contribution is 5.89. The predicted molar refractivity (Wildman–Crippen MR) is 197 cm³/mol. The number of nitrogens with two attached hydrogens (primary N) is 1. The van der Waals surface area contributed by atoms with Gasteiger partial charge in [-0.15, -0.1) is 0 Å². The van der Waals surface area contributed by atoms with Crippen LogP contribution in [0.15, 0.2) is 24.3 Å². The minimum absolute atomic E-state index is 0.0222. The maximum atomic E-state index is 13.0. The molecule has 0 aromatic heterocycles. The van der Waals surface area contributed by atoms with Gasteiger partial charge in [-0.25, -0.2) is 19.2 Å². The third-order valence-electron chi connectivity index (χ3n) is 11.8. The van der Waals surface area contributed by atoms with Crippen molar-refractivity contribution in [2.75, 3.05) is 77.8 Å². The number of carbonyl (C=O) groups is 4. The van der Waals surface area contributed by atoms with E-state index in [4.69, 9.17) is 16.2 Å². The van der Waals surface area contributed by atoms with E-state index in [0.29, 0.717) is 70.1 Å². The van der Waals surface area contributed by atoms with Crippen molar-refractivity contribution in [3.63, 3.8) is 0 Å². The van der Waals surface area contributed by atoms with Gasteiger partial charge in [0.05, 0.1) is 5.54 Å². The summed E-state index contributed by atoms with van der Waals surface area (Å²) in [5.74, 6) is 1.27. The Bertz CT molecular complexity index is 1380. The van der Waals surface area contributed by atoms with E-state index in [1.54, 1.807) is 14.7 Å². The fourth-order valence-electron chi connectivity index (χ4n) is 9.01. The summed E-state index contributed by atoms with van der Waals surface area (Å²) in [5.41, 5.74) is 6.56. The summed E-state index contributed by atoms with van der Waals surface area (Å²) in [6, 6.07) is 7.26. The molecule has 1 spiro atoms. The fourth-order valence-corrected chi connectivity index (χ4v) is 9.01. The predicted octanol–water partition coefficient (Wildman–Crippen LogP) is 3.56.